The lowest BCUT2D eigenvalue weighted by Gasteiger charge is -2.03. The Kier molecular flexibility index (Phi) is 1.50. The third kappa shape index (κ3) is 1.08. The molecule has 0 spiro atoms. The van der Waals surface area contributed by atoms with E-state index in [1.54, 1.807) is 0 Å². The van der Waals surface area contributed by atoms with Crippen LogP contribution in [0.2, 0.25) is 0 Å². The number of allylic oxidation sites excluding steroid dienone is 2. The van der Waals surface area contributed by atoms with Crippen LogP contribution in [0.4, 0.5) is 0 Å². The van der Waals surface area contributed by atoms with Crippen molar-refractivity contribution in [3.63, 3.8) is 0 Å². The van der Waals surface area contributed by atoms with Gasteiger partial charge in [0.25, 0.3) is 0 Å². The first-order valence-electron chi connectivity index (χ1n) is 5.76. The van der Waals surface area contributed by atoms with Gasteiger partial charge in [-0.15, -0.1) is 0 Å². The predicted octanol–water partition coefficient (Wildman–Crippen LogP) is 1.74. The summed E-state index contributed by atoms with van der Waals surface area (Å²) in [4.78, 5) is 0. The summed E-state index contributed by atoms with van der Waals surface area (Å²) in [6.45, 7) is 0. The van der Waals surface area contributed by atoms with E-state index in [1.165, 1.54) is 32.3 Å². The van der Waals surface area contributed by atoms with E-state index in [1.807, 2.05) is 6.08 Å². The van der Waals surface area contributed by atoms with Crippen LogP contribution in [-0.4, -0.2) is 0 Å². The van der Waals surface area contributed by atoms with Gasteiger partial charge < -0.3 is 5.73 Å². The molecule has 2 N–H and O–H groups in total. The minimum atomic E-state index is 0.843. The van der Waals surface area contributed by atoms with Gasteiger partial charge in [-0.05, 0) is 44.5 Å². The highest BCUT2D eigenvalue weighted by atomic mass is 14.6. The van der Waals surface area contributed by atoms with Gasteiger partial charge in [0.2, 0.25) is 0 Å². The van der Waals surface area contributed by atoms with Crippen molar-refractivity contribution in [2.45, 2.75) is 0 Å². The van der Waals surface area contributed by atoms with Gasteiger partial charge in [-0.25, -0.2) is 0 Å². The maximum atomic E-state index is 5.87. The molecule has 2 aromatic carbocycles. The van der Waals surface area contributed by atoms with Gasteiger partial charge in [0.05, 0.1) is 0 Å². The molecule has 4 rings (SSSR count). The van der Waals surface area contributed by atoms with Crippen molar-refractivity contribution in [2.75, 3.05) is 0 Å². The second-order valence-electron chi connectivity index (χ2n) is 4.55. The Bertz CT molecular complexity index is 836. The molecule has 1 heteroatoms. The SMILES string of the molecule is NC1=Cc2ccc3c4c(ccc3c2=C1)C=CC=4. The zero-order valence-corrected chi connectivity index (χ0v) is 9.27. The Hall–Kier alpha value is -2.28. The molecule has 0 saturated carbocycles. The number of nitrogens with two attached hydrogens (primary N) is 1. The lowest BCUT2D eigenvalue weighted by molar-refractivity contribution is 1.53. The van der Waals surface area contributed by atoms with Crippen molar-refractivity contribution in [1.29, 1.82) is 0 Å². The molecule has 0 fully saturated rings. The third-order valence-corrected chi connectivity index (χ3v) is 3.52. The van der Waals surface area contributed by atoms with Gasteiger partial charge in [0, 0.05) is 5.70 Å². The Morgan fingerprint density at radius 3 is 2.41 bits per heavy atom. The smallest absolute Gasteiger partial charge is 0.0326 e. The number of hydrogen-bond acceptors (Lipinski definition) is 1. The Morgan fingerprint density at radius 2 is 1.53 bits per heavy atom. The highest BCUT2D eigenvalue weighted by molar-refractivity contribution is 5.93. The first-order chi connectivity index (χ1) is 8.33. The van der Waals surface area contributed by atoms with E-state index >= 15 is 0 Å². The second-order valence-corrected chi connectivity index (χ2v) is 4.55. The van der Waals surface area contributed by atoms with Crippen molar-refractivity contribution in [3.05, 3.63) is 57.6 Å². The lowest BCUT2D eigenvalue weighted by Crippen LogP contribution is -2.11. The van der Waals surface area contributed by atoms with Crippen LogP contribution in [0, 0.1) is 0 Å². The molecular formula is C16H11N. The molecule has 1 nitrogen and oxygen atoms in total. The first-order valence-corrected chi connectivity index (χ1v) is 5.76. The minimum Gasteiger partial charge on any atom is -0.399 e. The summed E-state index contributed by atoms with van der Waals surface area (Å²) in [5, 5.41) is 5.18. The largest absolute Gasteiger partial charge is 0.399 e. The lowest BCUT2D eigenvalue weighted by atomic mass is 10.0. The molecule has 80 valence electrons. The minimum absolute atomic E-state index is 0.843. The summed E-state index contributed by atoms with van der Waals surface area (Å²) in [6.07, 6.45) is 10.5. The van der Waals surface area contributed by atoms with E-state index in [0.29, 0.717) is 0 Å². The molecular weight excluding hydrogens is 206 g/mol. The van der Waals surface area contributed by atoms with Gasteiger partial charge in [-0.2, -0.15) is 0 Å². The Balaban J connectivity index is 2.25. The highest BCUT2D eigenvalue weighted by Crippen LogP contribution is 2.16. The van der Waals surface area contributed by atoms with Gasteiger partial charge in [-0.3, -0.25) is 0 Å². The summed E-state index contributed by atoms with van der Waals surface area (Å²) >= 11 is 0. The van der Waals surface area contributed by atoms with Crippen LogP contribution in [-0.2, 0) is 0 Å². The van der Waals surface area contributed by atoms with Crippen LogP contribution in [0.5, 0.6) is 0 Å². The zero-order chi connectivity index (χ0) is 11.4. The molecule has 0 aliphatic heterocycles. The Morgan fingerprint density at radius 1 is 0.765 bits per heavy atom. The van der Waals surface area contributed by atoms with E-state index in [2.05, 4.69) is 48.6 Å². The van der Waals surface area contributed by atoms with Crippen molar-refractivity contribution in [2.24, 2.45) is 5.73 Å². The van der Waals surface area contributed by atoms with Crippen LogP contribution in [0.15, 0.2) is 36.0 Å². The number of rotatable bonds is 0. The summed E-state index contributed by atoms with van der Waals surface area (Å²) in [5.41, 5.74) is 9.24. The van der Waals surface area contributed by atoms with E-state index in [0.717, 1.165) is 5.70 Å². The molecule has 17 heavy (non-hydrogen) atoms. The average molecular weight is 217 g/mol. The number of benzene rings is 2. The van der Waals surface area contributed by atoms with E-state index in [9.17, 15) is 0 Å². The van der Waals surface area contributed by atoms with Crippen LogP contribution in [0.1, 0.15) is 11.1 Å². The monoisotopic (exact) mass is 217 g/mol. The molecule has 0 bridgehead atoms. The summed E-state index contributed by atoms with van der Waals surface area (Å²) in [5.74, 6) is 0. The zero-order valence-electron chi connectivity index (χ0n) is 9.27. The van der Waals surface area contributed by atoms with Gasteiger partial charge in [0.1, 0.15) is 0 Å². The summed E-state index contributed by atoms with van der Waals surface area (Å²) < 4.78 is 0. The number of fused-ring (bicyclic) bond motifs is 5. The molecule has 0 atom stereocenters. The van der Waals surface area contributed by atoms with Crippen LogP contribution in [0.3, 0.4) is 0 Å². The van der Waals surface area contributed by atoms with Crippen LogP contribution in [0.25, 0.3) is 35.1 Å². The molecule has 2 aliphatic carbocycles. The van der Waals surface area contributed by atoms with E-state index < -0.39 is 0 Å². The summed E-state index contributed by atoms with van der Waals surface area (Å²) in [7, 11) is 0. The molecule has 0 unspecified atom stereocenters. The predicted molar refractivity (Wildman–Crippen MR) is 73.3 cm³/mol. The van der Waals surface area contributed by atoms with Crippen LogP contribution < -0.4 is 16.2 Å². The maximum absolute atomic E-state index is 5.87. The second kappa shape index (κ2) is 2.89. The van der Waals surface area contributed by atoms with Gasteiger partial charge >= 0.3 is 0 Å². The van der Waals surface area contributed by atoms with Gasteiger partial charge in [0.15, 0.2) is 0 Å². The van der Waals surface area contributed by atoms with E-state index in [4.69, 9.17) is 5.73 Å². The fraction of sp³-hybridized carbons (Fsp3) is 0. The maximum Gasteiger partial charge on any atom is 0.0326 e. The standard InChI is InChI=1S/C16H11N/c17-12-8-11-5-7-14-13-3-1-2-10(13)4-6-15(14)16(11)9-12/h1-9H,17H2. The third-order valence-electron chi connectivity index (χ3n) is 3.52. The van der Waals surface area contributed by atoms with Crippen molar-refractivity contribution in [3.8, 4) is 0 Å². The van der Waals surface area contributed by atoms with Crippen molar-refractivity contribution in [1.82, 2.24) is 0 Å². The number of hydrogen-bond donors (Lipinski definition) is 1. The van der Waals surface area contributed by atoms with Crippen molar-refractivity contribution < 1.29 is 0 Å². The molecule has 0 saturated heterocycles. The highest BCUT2D eigenvalue weighted by Gasteiger charge is 2.08. The molecule has 2 aromatic rings. The fourth-order valence-electron chi connectivity index (χ4n) is 2.74. The first kappa shape index (κ1) is 8.82. The van der Waals surface area contributed by atoms with Crippen LogP contribution >= 0.6 is 0 Å². The topological polar surface area (TPSA) is 26.0 Å². The summed E-state index contributed by atoms with van der Waals surface area (Å²) in [6, 6.07) is 8.72. The molecule has 0 aromatic heterocycles. The Labute approximate surface area is 98.9 Å². The normalized spacial score (nSPS) is 15.2. The average Bonchev–Trinajstić information content (AvgIpc) is 2.92. The molecule has 0 radical (unpaired) electrons. The molecule has 0 heterocycles. The van der Waals surface area contributed by atoms with E-state index in [-0.39, 0.29) is 0 Å². The van der Waals surface area contributed by atoms with Gasteiger partial charge in [-0.1, -0.05) is 42.5 Å². The fourth-order valence-corrected chi connectivity index (χ4v) is 2.74. The molecule has 2 aliphatic rings. The van der Waals surface area contributed by atoms with Crippen molar-refractivity contribution >= 4 is 35.1 Å². The molecule has 0 amide bonds. The quantitative estimate of drug-likeness (QED) is 0.714.